The summed E-state index contributed by atoms with van der Waals surface area (Å²) in [6.07, 6.45) is 2.53. The predicted molar refractivity (Wildman–Crippen MR) is 63.5 cm³/mol. The van der Waals surface area contributed by atoms with Gasteiger partial charge in [-0.3, -0.25) is 0 Å². The molecule has 5 heteroatoms. The van der Waals surface area contributed by atoms with Crippen molar-refractivity contribution in [2.45, 2.75) is 39.7 Å². The van der Waals surface area contributed by atoms with Crippen molar-refractivity contribution in [3.63, 3.8) is 0 Å². The van der Waals surface area contributed by atoms with Gasteiger partial charge >= 0.3 is 0 Å². The summed E-state index contributed by atoms with van der Waals surface area (Å²) in [7, 11) is 0. The summed E-state index contributed by atoms with van der Waals surface area (Å²) in [6, 6.07) is 0. The first kappa shape index (κ1) is 12.4. The minimum atomic E-state index is 0.337. The second-order valence-electron chi connectivity index (χ2n) is 3.70. The molecule has 0 amide bonds. The average Bonchev–Trinajstić information content (AvgIpc) is 2.57. The van der Waals surface area contributed by atoms with Crippen LogP contribution in [0.3, 0.4) is 0 Å². The molecule has 1 aromatic heterocycles. The van der Waals surface area contributed by atoms with Crippen LogP contribution < -0.4 is 5.32 Å². The zero-order chi connectivity index (χ0) is 11.1. The fourth-order valence-electron chi connectivity index (χ4n) is 1.11. The van der Waals surface area contributed by atoms with E-state index in [1.54, 1.807) is 0 Å². The van der Waals surface area contributed by atoms with Crippen molar-refractivity contribution in [1.29, 1.82) is 0 Å². The highest BCUT2D eigenvalue weighted by Gasteiger charge is 1.98. The van der Waals surface area contributed by atoms with E-state index in [1.807, 2.05) is 6.92 Å². The maximum absolute atomic E-state index is 5.45. The van der Waals surface area contributed by atoms with E-state index in [9.17, 15) is 0 Å². The minimum absolute atomic E-state index is 0.337. The van der Waals surface area contributed by atoms with Gasteiger partial charge in [0.05, 0.1) is 6.10 Å². The Morgan fingerprint density at radius 2 is 2.20 bits per heavy atom. The summed E-state index contributed by atoms with van der Waals surface area (Å²) in [6.45, 7) is 7.80. The first-order valence-corrected chi connectivity index (χ1v) is 6.11. The third-order valence-electron chi connectivity index (χ3n) is 1.83. The van der Waals surface area contributed by atoms with Crippen LogP contribution in [0.25, 0.3) is 0 Å². The van der Waals surface area contributed by atoms with E-state index in [0.29, 0.717) is 6.10 Å². The van der Waals surface area contributed by atoms with Gasteiger partial charge in [0.1, 0.15) is 5.82 Å². The Morgan fingerprint density at radius 3 is 2.80 bits per heavy atom. The molecule has 0 aliphatic heterocycles. The Balaban J connectivity index is 1.98. The van der Waals surface area contributed by atoms with E-state index in [1.165, 1.54) is 11.5 Å². The monoisotopic (exact) mass is 229 g/mol. The van der Waals surface area contributed by atoms with Crippen molar-refractivity contribution in [2.24, 2.45) is 0 Å². The zero-order valence-electron chi connectivity index (χ0n) is 9.62. The van der Waals surface area contributed by atoms with Crippen LogP contribution in [0.1, 0.15) is 32.5 Å². The molecule has 15 heavy (non-hydrogen) atoms. The average molecular weight is 229 g/mol. The number of hydrogen-bond donors (Lipinski definition) is 1. The molecule has 0 aromatic carbocycles. The molecule has 0 aliphatic rings. The zero-order valence-corrected chi connectivity index (χ0v) is 10.4. The highest BCUT2D eigenvalue weighted by molar-refractivity contribution is 7.09. The lowest BCUT2D eigenvalue weighted by Crippen LogP contribution is -2.06. The van der Waals surface area contributed by atoms with Crippen LogP contribution in [0, 0.1) is 6.92 Å². The first-order chi connectivity index (χ1) is 7.18. The van der Waals surface area contributed by atoms with Crippen molar-refractivity contribution < 1.29 is 4.74 Å². The molecule has 0 aliphatic carbocycles. The number of unbranched alkanes of at least 4 members (excludes halogenated alkanes) is 1. The molecule has 0 bridgehead atoms. The van der Waals surface area contributed by atoms with Gasteiger partial charge in [0.2, 0.25) is 5.13 Å². The van der Waals surface area contributed by atoms with E-state index in [0.717, 1.165) is 36.9 Å². The molecule has 0 spiro atoms. The summed E-state index contributed by atoms with van der Waals surface area (Å²) in [4.78, 5) is 4.22. The number of nitrogens with one attached hydrogen (secondary N) is 1. The van der Waals surface area contributed by atoms with Crippen LogP contribution in [-0.4, -0.2) is 28.6 Å². The van der Waals surface area contributed by atoms with Gasteiger partial charge < -0.3 is 10.1 Å². The number of ether oxygens (including phenoxy) is 1. The van der Waals surface area contributed by atoms with E-state index in [-0.39, 0.29) is 0 Å². The van der Waals surface area contributed by atoms with Crippen LogP contribution in [0.15, 0.2) is 0 Å². The van der Waals surface area contributed by atoms with Crippen LogP contribution in [0.5, 0.6) is 0 Å². The molecule has 1 heterocycles. The number of nitrogens with zero attached hydrogens (tertiary/aromatic N) is 2. The Labute approximate surface area is 95.2 Å². The normalized spacial score (nSPS) is 10.9. The summed E-state index contributed by atoms with van der Waals surface area (Å²) >= 11 is 1.41. The number of hydrogen-bond acceptors (Lipinski definition) is 5. The Bertz CT molecular complexity index is 275. The second-order valence-corrected chi connectivity index (χ2v) is 4.45. The highest BCUT2D eigenvalue weighted by Crippen LogP contribution is 2.09. The Hall–Kier alpha value is -0.680. The number of aryl methyl sites for hydroxylation is 1. The van der Waals surface area contributed by atoms with Gasteiger partial charge in [0.15, 0.2) is 0 Å². The molecule has 0 radical (unpaired) electrons. The van der Waals surface area contributed by atoms with Gasteiger partial charge in [0.25, 0.3) is 0 Å². The standard InChI is InChI=1S/C10H19N3OS/c1-8(2)14-7-5-4-6-11-10-12-9(3)13-15-10/h8H,4-7H2,1-3H3,(H,11,12,13). The fourth-order valence-corrected chi connectivity index (χ4v) is 1.71. The molecule has 1 N–H and O–H groups in total. The van der Waals surface area contributed by atoms with Gasteiger partial charge in [-0.05, 0) is 33.6 Å². The molecule has 1 rings (SSSR count). The fraction of sp³-hybridized carbons (Fsp3) is 0.800. The quantitative estimate of drug-likeness (QED) is 0.730. The smallest absolute Gasteiger partial charge is 0.202 e. The van der Waals surface area contributed by atoms with E-state index in [4.69, 9.17) is 4.74 Å². The van der Waals surface area contributed by atoms with E-state index < -0.39 is 0 Å². The van der Waals surface area contributed by atoms with Crippen LogP contribution in [0.4, 0.5) is 5.13 Å². The molecule has 4 nitrogen and oxygen atoms in total. The summed E-state index contributed by atoms with van der Waals surface area (Å²) < 4.78 is 9.54. The van der Waals surface area contributed by atoms with E-state index in [2.05, 4.69) is 28.5 Å². The minimum Gasteiger partial charge on any atom is -0.379 e. The van der Waals surface area contributed by atoms with Gasteiger partial charge in [-0.2, -0.15) is 4.37 Å². The lowest BCUT2D eigenvalue weighted by Gasteiger charge is -2.06. The van der Waals surface area contributed by atoms with Crippen LogP contribution >= 0.6 is 11.5 Å². The first-order valence-electron chi connectivity index (χ1n) is 5.34. The topological polar surface area (TPSA) is 47.0 Å². The summed E-state index contributed by atoms with van der Waals surface area (Å²) in [5.74, 6) is 0.839. The molecular weight excluding hydrogens is 210 g/mol. The molecule has 0 saturated heterocycles. The largest absolute Gasteiger partial charge is 0.379 e. The molecule has 1 aromatic rings. The van der Waals surface area contributed by atoms with Crippen molar-refractivity contribution >= 4 is 16.7 Å². The number of rotatable bonds is 7. The highest BCUT2D eigenvalue weighted by atomic mass is 32.1. The third-order valence-corrected chi connectivity index (χ3v) is 2.59. The van der Waals surface area contributed by atoms with Crippen molar-refractivity contribution in [3.8, 4) is 0 Å². The van der Waals surface area contributed by atoms with Gasteiger partial charge in [-0.1, -0.05) is 0 Å². The molecule has 0 unspecified atom stereocenters. The van der Waals surface area contributed by atoms with Gasteiger partial charge in [0, 0.05) is 24.7 Å². The Morgan fingerprint density at radius 1 is 1.40 bits per heavy atom. The van der Waals surface area contributed by atoms with Crippen molar-refractivity contribution in [2.75, 3.05) is 18.5 Å². The SMILES string of the molecule is Cc1nsc(NCCCCOC(C)C)n1. The molecule has 0 fully saturated rings. The number of anilines is 1. The van der Waals surface area contributed by atoms with Crippen LogP contribution in [-0.2, 0) is 4.74 Å². The van der Waals surface area contributed by atoms with Crippen molar-refractivity contribution in [1.82, 2.24) is 9.36 Å². The molecule has 0 atom stereocenters. The second kappa shape index (κ2) is 6.74. The van der Waals surface area contributed by atoms with Gasteiger partial charge in [-0.25, -0.2) is 4.98 Å². The van der Waals surface area contributed by atoms with E-state index >= 15 is 0 Å². The molecule has 0 saturated carbocycles. The lowest BCUT2D eigenvalue weighted by atomic mass is 10.3. The maximum atomic E-state index is 5.45. The summed E-state index contributed by atoms with van der Waals surface area (Å²) in [5.41, 5.74) is 0. The lowest BCUT2D eigenvalue weighted by molar-refractivity contribution is 0.0765. The van der Waals surface area contributed by atoms with Crippen LogP contribution in [0.2, 0.25) is 0 Å². The number of aromatic nitrogens is 2. The predicted octanol–water partition coefficient (Wildman–Crippen LogP) is 2.46. The maximum Gasteiger partial charge on any atom is 0.202 e. The third kappa shape index (κ3) is 5.69. The Kier molecular flexibility index (Phi) is 5.57. The molecular formula is C10H19N3OS. The van der Waals surface area contributed by atoms with Gasteiger partial charge in [-0.15, -0.1) is 0 Å². The van der Waals surface area contributed by atoms with Crippen molar-refractivity contribution in [3.05, 3.63) is 5.82 Å². The molecule has 86 valence electrons. The summed E-state index contributed by atoms with van der Waals surface area (Å²) in [5, 5.41) is 4.16.